The van der Waals surface area contributed by atoms with Gasteiger partial charge in [-0.25, -0.2) is 12.4 Å². The van der Waals surface area contributed by atoms with Crippen LogP contribution in [-0.2, 0) is 21.2 Å². The number of rotatable bonds is 7. The van der Waals surface area contributed by atoms with Gasteiger partial charge in [0.2, 0.25) is 0 Å². The number of hydrogen-bond donors (Lipinski definition) is 0. The lowest BCUT2D eigenvalue weighted by Gasteiger charge is -2.15. The SMILES string of the molecule is Cc1ccc(S(=O)(=O)n2c(CCC(=O)C3CCCC3)c(-c3ccccc3)c3ccccc32)cc1. The maximum Gasteiger partial charge on any atom is 0.268 e. The van der Waals surface area contributed by atoms with Crippen LogP contribution in [0.5, 0.6) is 0 Å². The molecule has 5 heteroatoms. The highest BCUT2D eigenvalue weighted by Gasteiger charge is 2.29. The first-order valence-corrected chi connectivity index (χ1v) is 13.4. The molecule has 1 saturated carbocycles. The summed E-state index contributed by atoms with van der Waals surface area (Å²) in [5.41, 5.74) is 4.18. The molecule has 1 fully saturated rings. The Morgan fingerprint density at radius 3 is 2.24 bits per heavy atom. The van der Waals surface area contributed by atoms with Crippen LogP contribution in [0.4, 0.5) is 0 Å². The van der Waals surface area contributed by atoms with Gasteiger partial charge in [0, 0.05) is 29.0 Å². The molecule has 5 rings (SSSR count). The lowest BCUT2D eigenvalue weighted by Crippen LogP contribution is -2.18. The summed E-state index contributed by atoms with van der Waals surface area (Å²) in [7, 11) is -3.86. The Morgan fingerprint density at radius 1 is 0.882 bits per heavy atom. The smallest absolute Gasteiger partial charge is 0.268 e. The van der Waals surface area contributed by atoms with E-state index in [-0.39, 0.29) is 16.6 Å². The third-order valence-corrected chi connectivity index (χ3v) is 8.73. The molecule has 34 heavy (non-hydrogen) atoms. The van der Waals surface area contributed by atoms with Gasteiger partial charge in [-0.1, -0.05) is 79.1 Å². The topological polar surface area (TPSA) is 56.1 Å². The number of benzene rings is 3. The van der Waals surface area contributed by atoms with Crippen LogP contribution < -0.4 is 0 Å². The van der Waals surface area contributed by atoms with Crippen LogP contribution in [0.2, 0.25) is 0 Å². The molecule has 174 valence electrons. The maximum atomic E-state index is 14.0. The van der Waals surface area contributed by atoms with Crippen molar-refractivity contribution in [3.63, 3.8) is 0 Å². The first-order chi connectivity index (χ1) is 16.5. The first kappa shape index (κ1) is 22.6. The van der Waals surface area contributed by atoms with Gasteiger partial charge >= 0.3 is 0 Å². The Balaban J connectivity index is 1.71. The zero-order valence-corrected chi connectivity index (χ0v) is 20.2. The van der Waals surface area contributed by atoms with Gasteiger partial charge in [-0.2, -0.15) is 0 Å². The number of para-hydroxylation sites is 1. The van der Waals surface area contributed by atoms with E-state index in [4.69, 9.17) is 0 Å². The quantitative estimate of drug-likeness (QED) is 0.307. The molecule has 0 aliphatic heterocycles. The Bertz CT molecular complexity index is 1430. The summed E-state index contributed by atoms with van der Waals surface area (Å²) in [5.74, 6) is 0.368. The zero-order valence-electron chi connectivity index (χ0n) is 19.4. The monoisotopic (exact) mass is 471 g/mol. The van der Waals surface area contributed by atoms with Crippen LogP contribution in [-0.4, -0.2) is 18.2 Å². The predicted octanol–water partition coefficient (Wildman–Crippen LogP) is 6.55. The number of aryl methyl sites for hydroxylation is 1. The molecule has 0 atom stereocenters. The number of fused-ring (bicyclic) bond motifs is 1. The minimum absolute atomic E-state index is 0.117. The van der Waals surface area contributed by atoms with E-state index in [1.165, 1.54) is 3.97 Å². The summed E-state index contributed by atoms with van der Waals surface area (Å²) in [5, 5.41) is 0.882. The van der Waals surface area contributed by atoms with Gasteiger partial charge < -0.3 is 0 Å². The second kappa shape index (κ2) is 9.22. The molecule has 1 aromatic heterocycles. The second-order valence-electron chi connectivity index (χ2n) is 9.24. The zero-order chi connectivity index (χ0) is 23.7. The minimum atomic E-state index is -3.86. The second-order valence-corrected chi connectivity index (χ2v) is 11.0. The van der Waals surface area contributed by atoms with Crippen molar-refractivity contribution in [2.45, 2.75) is 50.3 Å². The standard InChI is InChI=1S/C29H29NO3S/c1-21-15-17-24(18-16-21)34(32,33)30-26-14-8-7-13-25(26)29(23-11-3-2-4-12-23)27(30)19-20-28(31)22-9-5-6-10-22/h2-4,7-8,11-18,22H,5-6,9-10,19-20H2,1H3. The Labute approximate surface area is 201 Å². The van der Waals surface area contributed by atoms with Crippen molar-refractivity contribution < 1.29 is 13.2 Å². The molecule has 0 unspecified atom stereocenters. The molecule has 1 aliphatic rings. The minimum Gasteiger partial charge on any atom is -0.299 e. The van der Waals surface area contributed by atoms with Crippen LogP contribution in [0.3, 0.4) is 0 Å². The molecule has 0 amide bonds. The lowest BCUT2D eigenvalue weighted by molar-refractivity contribution is -0.122. The van der Waals surface area contributed by atoms with Gasteiger partial charge in [0.15, 0.2) is 0 Å². The van der Waals surface area contributed by atoms with Crippen LogP contribution >= 0.6 is 0 Å². The van der Waals surface area contributed by atoms with Crippen molar-refractivity contribution in [1.29, 1.82) is 0 Å². The van der Waals surface area contributed by atoms with Crippen molar-refractivity contribution >= 4 is 26.7 Å². The summed E-state index contributed by atoms with van der Waals surface area (Å²) in [6, 6.07) is 24.5. The largest absolute Gasteiger partial charge is 0.299 e. The van der Waals surface area contributed by atoms with E-state index in [1.807, 2.05) is 73.7 Å². The van der Waals surface area contributed by atoms with Crippen molar-refractivity contribution in [2.75, 3.05) is 0 Å². The number of nitrogens with zero attached hydrogens (tertiary/aromatic N) is 1. The molecule has 1 heterocycles. The molecule has 3 aromatic carbocycles. The fourth-order valence-electron chi connectivity index (χ4n) is 5.20. The highest BCUT2D eigenvalue weighted by atomic mass is 32.2. The van der Waals surface area contributed by atoms with Gasteiger partial charge in [0.1, 0.15) is 5.78 Å². The number of aromatic nitrogens is 1. The van der Waals surface area contributed by atoms with Crippen LogP contribution in [0, 0.1) is 12.8 Å². The summed E-state index contributed by atoms with van der Waals surface area (Å²) >= 11 is 0. The van der Waals surface area contributed by atoms with Gasteiger partial charge in [-0.3, -0.25) is 4.79 Å². The predicted molar refractivity (Wildman–Crippen MR) is 136 cm³/mol. The number of ketones is 1. The van der Waals surface area contributed by atoms with Crippen LogP contribution in [0.1, 0.15) is 43.4 Å². The summed E-state index contributed by atoms with van der Waals surface area (Å²) in [6.45, 7) is 1.94. The fourth-order valence-corrected chi connectivity index (χ4v) is 6.78. The van der Waals surface area contributed by atoms with E-state index in [9.17, 15) is 13.2 Å². The molecule has 0 radical (unpaired) electrons. The average Bonchev–Trinajstić information content (AvgIpc) is 3.50. The maximum absolute atomic E-state index is 14.0. The van der Waals surface area contributed by atoms with Crippen molar-refractivity contribution in [3.05, 3.63) is 90.1 Å². The Hall–Kier alpha value is -3.18. The number of carbonyl (C=O) groups excluding carboxylic acids is 1. The molecule has 0 bridgehead atoms. The van der Waals surface area contributed by atoms with Gasteiger partial charge in [0.25, 0.3) is 10.0 Å². The third-order valence-electron chi connectivity index (χ3n) is 6.97. The van der Waals surface area contributed by atoms with E-state index >= 15 is 0 Å². The van der Waals surface area contributed by atoms with E-state index in [0.717, 1.165) is 47.8 Å². The fraction of sp³-hybridized carbons (Fsp3) is 0.276. The molecule has 0 saturated heterocycles. The molecule has 0 N–H and O–H groups in total. The lowest BCUT2D eigenvalue weighted by atomic mass is 9.95. The normalized spacial score (nSPS) is 14.6. The third kappa shape index (κ3) is 4.09. The molecular weight excluding hydrogens is 442 g/mol. The van der Waals surface area contributed by atoms with Gasteiger partial charge in [-0.05, 0) is 49.9 Å². The summed E-state index contributed by atoms with van der Waals surface area (Å²) in [6.07, 6.45) is 4.86. The Kier molecular flexibility index (Phi) is 6.13. The highest BCUT2D eigenvalue weighted by molar-refractivity contribution is 7.90. The van der Waals surface area contributed by atoms with E-state index in [1.54, 1.807) is 12.1 Å². The average molecular weight is 472 g/mol. The van der Waals surface area contributed by atoms with E-state index in [0.29, 0.717) is 24.1 Å². The number of carbonyl (C=O) groups is 1. The summed E-state index contributed by atoms with van der Waals surface area (Å²) < 4.78 is 29.5. The summed E-state index contributed by atoms with van der Waals surface area (Å²) in [4.78, 5) is 13.2. The van der Waals surface area contributed by atoms with Crippen molar-refractivity contribution in [2.24, 2.45) is 5.92 Å². The first-order valence-electron chi connectivity index (χ1n) is 12.0. The van der Waals surface area contributed by atoms with Gasteiger partial charge in [-0.15, -0.1) is 0 Å². The highest BCUT2D eigenvalue weighted by Crippen LogP contribution is 2.38. The van der Waals surface area contributed by atoms with E-state index < -0.39 is 10.0 Å². The molecular formula is C29H29NO3S. The van der Waals surface area contributed by atoms with Crippen LogP contribution in [0.25, 0.3) is 22.0 Å². The molecule has 1 aliphatic carbocycles. The number of hydrogen-bond acceptors (Lipinski definition) is 3. The Morgan fingerprint density at radius 2 is 1.53 bits per heavy atom. The van der Waals surface area contributed by atoms with Crippen LogP contribution in [0.15, 0.2) is 83.8 Å². The molecule has 0 spiro atoms. The number of Topliss-reactive ketones (excluding diaryl/α,β-unsaturated/α-hetero) is 1. The molecule has 4 nitrogen and oxygen atoms in total. The van der Waals surface area contributed by atoms with E-state index in [2.05, 4.69) is 0 Å². The van der Waals surface area contributed by atoms with Gasteiger partial charge in [0.05, 0.1) is 10.4 Å². The van der Waals surface area contributed by atoms with Crippen molar-refractivity contribution in [3.8, 4) is 11.1 Å². The molecule has 4 aromatic rings. The van der Waals surface area contributed by atoms with Crippen molar-refractivity contribution in [1.82, 2.24) is 3.97 Å².